The summed E-state index contributed by atoms with van der Waals surface area (Å²) in [4.78, 5) is 10.1. The molecule has 54 valence electrons. The van der Waals surface area contributed by atoms with Crippen LogP contribution in [0.1, 0.15) is 6.42 Å². The summed E-state index contributed by atoms with van der Waals surface area (Å²) in [6.07, 6.45) is 6.44. The van der Waals surface area contributed by atoms with E-state index in [9.17, 15) is 4.79 Å². The summed E-state index contributed by atoms with van der Waals surface area (Å²) in [5, 5.41) is 8.33. The third-order valence-electron chi connectivity index (χ3n) is 1.14. The Kier molecular flexibility index (Phi) is 2.10. The highest BCUT2D eigenvalue weighted by molar-refractivity contribution is 5.67. The molecule has 3 nitrogen and oxygen atoms in total. The normalized spacial score (nSPS) is 22.2. The van der Waals surface area contributed by atoms with E-state index < -0.39 is 5.97 Å². The van der Waals surface area contributed by atoms with Crippen LogP contribution in [0.4, 0.5) is 0 Å². The Hall–Kier alpha value is -1.25. The number of aliphatic carboxylic acids is 1. The molecule has 0 spiro atoms. The molecule has 10 heavy (non-hydrogen) atoms. The summed E-state index contributed by atoms with van der Waals surface area (Å²) < 4.78 is 4.94. The summed E-state index contributed by atoms with van der Waals surface area (Å²) in [6, 6.07) is 0. The van der Waals surface area contributed by atoms with Gasteiger partial charge in [-0.05, 0) is 12.2 Å². The molecule has 1 unspecified atom stereocenters. The van der Waals surface area contributed by atoms with E-state index in [1.165, 1.54) is 6.26 Å². The zero-order valence-corrected chi connectivity index (χ0v) is 5.36. The number of rotatable bonds is 2. The molecule has 1 rings (SSSR count). The van der Waals surface area contributed by atoms with E-state index in [-0.39, 0.29) is 12.5 Å². The van der Waals surface area contributed by atoms with Crippen LogP contribution < -0.4 is 0 Å². The molecule has 0 aromatic heterocycles. The van der Waals surface area contributed by atoms with Gasteiger partial charge in [-0.2, -0.15) is 0 Å². The Bertz CT molecular complexity index is 181. The summed E-state index contributed by atoms with van der Waals surface area (Å²) >= 11 is 0. The van der Waals surface area contributed by atoms with E-state index in [2.05, 4.69) is 0 Å². The van der Waals surface area contributed by atoms with Crippen LogP contribution in [0.2, 0.25) is 0 Å². The van der Waals surface area contributed by atoms with Gasteiger partial charge in [0.25, 0.3) is 0 Å². The topological polar surface area (TPSA) is 46.5 Å². The maximum atomic E-state index is 10.1. The molecular formula is C7H8O3. The number of hydrogen-bond acceptors (Lipinski definition) is 2. The van der Waals surface area contributed by atoms with Gasteiger partial charge in [-0.1, -0.05) is 6.08 Å². The van der Waals surface area contributed by atoms with Crippen LogP contribution in [0.25, 0.3) is 0 Å². The first-order valence-corrected chi connectivity index (χ1v) is 2.99. The Morgan fingerprint density at radius 2 is 2.40 bits per heavy atom. The van der Waals surface area contributed by atoms with E-state index >= 15 is 0 Å². The lowest BCUT2D eigenvalue weighted by atomic mass is 10.2. The second kappa shape index (κ2) is 3.06. The second-order valence-corrected chi connectivity index (χ2v) is 1.99. The molecule has 1 atom stereocenters. The molecule has 0 saturated carbocycles. The molecule has 0 aliphatic carbocycles. The van der Waals surface area contributed by atoms with Gasteiger partial charge in [-0.3, -0.25) is 4.79 Å². The van der Waals surface area contributed by atoms with Crippen LogP contribution in [-0.4, -0.2) is 17.2 Å². The van der Waals surface area contributed by atoms with Gasteiger partial charge in [-0.15, -0.1) is 0 Å². The summed E-state index contributed by atoms with van der Waals surface area (Å²) in [7, 11) is 0. The highest BCUT2D eigenvalue weighted by atomic mass is 16.5. The SMILES string of the molecule is O=C(O)CC1C=CC=CO1. The number of carboxylic acid groups (broad SMARTS) is 1. The zero-order chi connectivity index (χ0) is 7.40. The standard InChI is InChI=1S/C7H8O3/c8-7(9)5-6-3-1-2-4-10-6/h1-4,6H,5H2,(H,8,9). The fraction of sp³-hybridized carbons (Fsp3) is 0.286. The zero-order valence-electron chi connectivity index (χ0n) is 5.36. The van der Waals surface area contributed by atoms with E-state index in [4.69, 9.17) is 9.84 Å². The molecule has 0 radical (unpaired) electrons. The van der Waals surface area contributed by atoms with Crippen LogP contribution in [0.15, 0.2) is 24.5 Å². The third kappa shape index (κ3) is 1.93. The number of carbonyl (C=O) groups is 1. The first kappa shape index (κ1) is 6.86. The van der Waals surface area contributed by atoms with Crippen molar-refractivity contribution >= 4 is 5.97 Å². The van der Waals surface area contributed by atoms with Crippen molar-refractivity contribution in [3.63, 3.8) is 0 Å². The molecular weight excluding hydrogens is 132 g/mol. The van der Waals surface area contributed by atoms with Gasteiger partial charge in [0.05, 0.1) is 12.7 Å². The number of allylic oxidation sites excluding steroid dienone is 2. The average molecular weight is 140 g/mol. The lowest BCUT2D eigenvalue weighted by molar-refractivity contribution is -0.138. The highest BCUT2D eigenvalue weighted by Gasteiger charge is 2.09. The fourth-order valence-corrected chi connectivity index (χ4v) is 0.713. The molecule has 1 aliphatic heterocycles. The molecule has 0 bridgehead atoms. The molecule has 0 amide bonds. The quantitative estimate of drug-likeness (QED) is 0.620. The minimum absolute atomic E-state index is 0.0286. The Morgan fingerprint density at radius 1 is 1.60 bits per heavy atom. The van der Waals surface area contributed by atoms with Gasteiger partial charge in [0.1, 0.15) is 6.10 Å². The van der Waals surface area contributed by atoms with Crippen LogP contribution >= 0.6 is 0 Å². The van der Waals surface area contributed by atoms with Gasteiger partial charge < -0.3 is 9.84 Å². The summed E-state index contributed by atoms with van der Waals surface area (Å²) in [5.74, 6) is -0.843. The van der Waals surface area contributed by atoms with Gasteiger partial charge in [0.2, 0.25) is 0 Å². The predicted molar refractivity (Wildman–Crippen MR) is 35.4 cm³/mol. The van der Waals surface area contributed by atoms with Gasteiger partial charge in [-0.25, -0.2) is 0 Å². The lowest BCUT2D eigenvalue weighted by Crippen LogP contribution is -2.13. The van der Waals surface area contributed by atoms with Crippen molar-refractivity contribution in [1.82, 2.24) is 0 Å². The smallest absolute Gasteiger partial charge is 0.307 e. The molecule has 3 heteroatoms. The molecule has 1 aliphatic rings. The van der Waals surface area contributed by atoms with Crippen molar-refractivity contribution in [2.24, 2.45) is 0 Å². The minimum atomic E-state index is -0.843. The summed E-state index contributed by atoms with van der Waals surface area (Å²) in [6.45, 7) is 0. The van der Waals surface area contributed by atoms with Crippen LogP contribution in [0, 0.1) is 0 Å². The molecule has 0 aromatic rings. The van der Waals surface area contributed by atoms with Crippen molar-refractivity contribution in [2.75, 3.05) is 0 Å². The minimum Gasteiger partial charge on any atom is -0.493 e. The monoisotopic (exact) mass is 140 g/mol. The van der Waals surface area contributed by atoms with E-state index in [0.29, 0.717) is 0 Å². The maximum absolute atomic E-state index is 10.1. The van der Waals surface area contributed by atoms with E-state index in [1.54, 1.807) is 18.2 Å². The Morgan fingerprint density at radius 3 is 2.90 bits per heavy atom. The molecule has 1 N–H and O–H groups in total. The van der Waals surface area contributed by atoms with Crippen LogP contribution in [-0.2, 0) is 9.53 Å². The second-order valence-electron chi connectivity index (χ2n) is 1.99. The van der Waals surface area contributed by atoms with Gasteiger partial charge >= 0.3 is 5.97 Å². The van der Waals surface area contributed by atoms with E-state index in [1.807, 2.05) is 0 Å². The van der Waals surface area contributed by atoms with Crippen molar-refractivity contribution in [2.45, 2.75) is 12.5 Å². The van der Waals surface area contributed by atoms with Crippen molar-refractivity contribution in [1.29, 1.82) is 0 Å². The van der Waals surface area contributed by atoms with E-state index in [0.717, 1.165) is 0 Å². The molecule has 0 saturated heterocycles. The average Bonchev–Trinajstić information content (AvgIpc) is 1.88. The maximum Gasteiger partial charge on any atom is 0.307 e. The third-order valence-corrected chi connectivity index (χ3v) is 1.14. The number of ether oxygens (including phenoxy) is 1. The Balaban J connectivity index is 2.37. The predicted octanol–water partition coefficient (Wildman–Crippen LogP) is 0.930. The van der Waals surface area contributed by atoms with Crippen molar-refractivity contribution < 1.29 is 14.6 Å². The number of carboxylic acids is 1. The highest BCUT2D eigenvalue weighted by Crippen LogP contribution is 2.05. The van der Waals surface area contributed by atoms with Crippen LogP contribution in [0.3, 0.4) is 0 Å². The van der Waals surface area contributed by atoms with Crippen molar-refractivity contribution in [3.8, 4) is 0 Å². The molecule has 1 heterocycles. The fourth-order valence-electron chi connectivity index (χ4n) is 0.713. The molecule has 0 aromatic carbocycles. The summed E-state index contributed by atoms with van der Waals surface area (Å²) in [5.41, 5.74) is 0. The first-order valence-electron chi connectivity index (χ1n) is 2.99. The Labute approximate surface area is 58.6 Å². The molecule has 0 fully saturated rings. The van der Waals surface area contributed by atoms with Crippen LogP contribution in [0.5, 0.6) is 0 Å². The van der Waals surface area contributed by atoms with Gasteiger partial charge in [0, 0.05) is 0 Å². The van der Waals surface area contributed by atoms with Crippen molar-refractivity contribution in [3.05, 3.63) is 24.5 Å². The number of hydrogen-bond donors (Lipinski definition) is 1. The first-order chi connectivity index (χ1) is 4.79. The van der Waals surface area contributed by atoms with Gasteiger partial charge in [0.15, 0.2) is 0 Å². The lowest BCUT2D eigenvalue weighted by Gasteiger charge is -2.11. The largest absolute Gasteiger partial charge is 0.493 e.